The molecule has 2 N–H and O–H groups in total. The smallest absolute Gasteiger partial charge is 0.252 e. The molecule has 9 heteroatoms. The molecule has 0 saturated carbocycles. The van der Waals surface area contributed by atoms with Crippen LogP contribution in [0.3, 0.4) is 0 Å². The Labute approximate surface area is 162 Å². The summed E-state index contributed by atoms with van der Waals surface area (Å²) in [7, 11) is -3.41. The number of hydrogen-bond acceptors (Lipinski definition) is 4. The first kappa shape index (κ1) is 20.4. The lowest BCUT2D eigenvalue weighted by atomic mass is 10.2. The molecule has 2 aromatic carbocycles. The molecule has 2 rings (SSSR count). The van der Waals surface area contributed by atoms with Gasteiger partial charge in [0.15, 0.2) is 0 Å². The molecule has 6 nitrogen and oxygen atoms in total. The van der Waals surface area contributed by atoms with Crippen molar-refractivity contribution in [2.45, 2.75) is 6.92 Å². The third-order valence-corrected chi connectivity index (χ3v) is 4.64. The minimum Gasteiger partial charge on any atom is -0.492 e. The highest BCUT2D eigenvalue weighted by atomic mass is 35.5. The van der Waals surface area contributed by atoms with Gasteiger partial charge in [0.1, 0.15) is 12.4 Å². The first-order valence-corrected chi connectivity index (χ1v) is 10.2. The van der Waals surface area contributed by atoms with Crippen LogP contribution in [0.5, 0.6) is 5.75 Å². The molecular weight excluding hydrogens is 399 g/mol. The molecule has 0 unspecified atom stereocenters. The van der Waals surface area contributed by atoms with Gasteiger partial charge in [-0.1, -0.05) is 29.3 Å². The number of amides is 1. The number of sulfonamides is 1. The van der Waals surface area contributed by atoms with Gasteiger partial charge in [0.05, 0.1) is 23.4 Å². The lowest BCUT2D eigenvalue weighted by Gasteiger charge is -2.10. The van der Waals surface area contributed by atoms with Crippen LogP contribution in [0.4, 0.5) is 5.69 Å². The standard InChI is InChI=1S/C17H18Cl2N2O4S/c1-11-3-5-13(10-15(11)18)25-8-7-20-17(22)14-6-4-12(9-16(14)19)21-26(2,23)24/h3-6,9-10,21H,7-8H2,1-2H3,(H,20,22). The van der Waals surface area contributed by atoms with Crippen molar-refractivity contribution in [3.63, 3.8) is 0 Å². The second kappa shape index (κ2) is 8.62. The van der Waals surface area contributed by atoms with Crippen LogP contribution in [0.25, 0.3) is 0 Å². The van der Waals surface area contributed by atoms with Crippen LogP contribution in [0.1, 0.15) is 15.9 Å². The number of carbonyl (C=O) groups is 1. The average Bonchev–Trinajstić information content (AvgIpc) is 2.53. The third-order valence-electron chi connectivity index (χ3n) is 3.32. The minimum atomic E-state index is -3.41. The highest BCUT2D eigenvalue weighted by Gasteiger charge is 2.12. The number of aryl methyl sites for hydroxylation is 1. The van der Waals surface area contributed by atoms with Crippen LogP contribution < -0.4 is 14.8 Å². The number of carbonyl (C=O) groups excluding carboxylic acids is 1. The van der Waals surface area contributed by atoms with Crippen molar-refractivity contribution in [3.8, 4) is 5.75 Å². The number of nitrogens with one attached hydrogen (secondary N) is 2. The Hall–Kier alpha value is -1.96. The quantitative estimate of drug-likeness (QED) is 0.676. The number of benzene rings is 2. The van der Waals surface area contributed by atoms with Crippen LogP contribution in [-0.2, 0) is 10.0 Å². The number of anilines is 1. The molecule has 0 bridgehead atoms. The van der Waals surface area contributed by atoms with Gasteiger partial charge in [-0.05, 0) is 42.8 Å². The molecule has 0 heterocycles. The molecule has 0 atom stereocenters. The van der Waals surface area contributed by atoms with Gasteiger partial charge in [-0.25, -0.2) is 8.42 Å². The summed E-state index contributed by atoms with van der Waals surface area (Å²) in [6.45, 7) is 2.42. The van der Waals surface area contributed by atoms with Gasteiger partial charge < -0.3 is 10.1 Å². The summed E-state index contributed by atoms with van der Waals surface area (Å²) in [5.41, 5.74) is 1.48. The maximum Gasteiger partial charge on any atom is 0.252 e. The summed E-state index contributed by atoms with van der Waals surface area (Å²) < 4.78 is 30.2. The van der Waals surface area contributed by atoms with Crippen molar-refractivity contribution < 1.29 is 17.9 Å². The summed E-state index contributed by atoms with van der Waals surface area (Å²) in [5.74, 6) is 0.232. The Morgan fingerprint density at radius 3 is 2.46 bits per heavy atom. The molecule has 0 aliphatic rings. The molecule has 2 aromatic rings. The van der Waals surface area contributed by atoms with Crippen molar-refractivity contribution in [1.29, 1.82) is 0 Å². The van der Waals surface area contributed by atoms with Crippen molar-refractivity contribution in [1.82, 2.24) is 5.32 Å². The number of hydrogen-bond donors (Lipinski definition) is 2. The third kappa shape index (κ3) is 6.09. The summed E-state index contributed by atoms with van der Waals surface area (Å²) in [6.07, 6.45) is 1.03. The van der Waals surface area contributed by atoms with E-state index in [0.29, 0.717) is 10.8 Å². The summed E-state index contributed by atoms with van der Waals surface area (Å²) in [4.78, 5) is 12.2. The predicted octanol–water partition coefficient (Wildman–Crippen LogP) is 3.48. The van der Waals surface area contributed by atoms with E-state index >= 15 is 0 Å². The summed E-state index contributed by atoms with van der Waals surface area (Å²) in [6, 6.07) is 9.65. The van der Waals surface area contributed by atoms with Gasteiger partial charge >= 0.3 is 0 Å². The van der Waals surface area contributed by atoms with E-state index in [2.05, 4.69) is 10.0 Å². The minimum absolute atomic E-state index is 0.141. The first-order valence-electron chi connectivity index (χ1n) is 7.60. The van der Waals surface area contributed by atoms with Crippen LogP contribution in [0, 0.1) is 6.92 Å². The SMILES string of the molecule is Cc1ccc(OCCNC(=O)c2ccc(NS(C)(=O)=O)cc2Cl)cc1Cl. The molecule has 0 fully saturated rings. The van der Waals surface area contributed by atoms with E-state index in [0.717, 1.165) is 11.8 Å². The fourth-order valence-corrected chi connectivity index (χ4v) is 3.06. The van der Waals surface area contributed by atoms with E-state index < -0.39 is 10.0 Å². The molecule has 0 aromatic heterocycles. The molecule has 0 aliphatic heterocycles. The van der Waals surface area contributed by atoms with Crippen LogP contribution in [0.2, 0.25) is 10.0 Å². The van der Waals surface area contributed by atoms with Crippen LogP contribution in [0.15, 0.2) is 36.4 Å². The van der Waals surface area contributed by atoms with E-state index in [-0.39, 0.29) is 35.3 Å². The number of rotatable bonds is 7. The first-order chi connectivity index (χ1) is 12.2. The highest BCUT2D eigenvalue weighted by Crippen LogP contribution is 2.22. The topological polar surface area (TPSA) is 84.5 Å². The van der Waals surface area contributed by atoms with Gasteiger partial charge in [0.2, 0.25) is 10.0 Å². The highest BCUT2D eigenvalue weighted by molar-refractivity contribution is 7.92. The fraction of sp³-hybridized carbons (Fsp3) is 0.235. The Morgan fingerprint density at radius 2 is 1.85 bits per heavy atom. The normalized spacial score (nSPS) is 11.1. The van der Waals surface area contributed by atoms with Crippen molar-refractivity contribution in [3.05, 3.63) is 57.6 Å². The fourth-order valence-electron chi connectivity index (χ4n) is 2.07. The predicted molar refractivity (Wildman–Crippen MR) is 104 cm³/mol. The summed E-state index contributed by atoms with van der Waals surface area (Å²) in [5, 5.41) is 3.44. The molecule has 140 valence electrons. The van der Waals surface area contributed by atoms with E-state index in [1.54, 1.807) is 12.1 Å². The Kier molecular flexibility index (Phi) is 6.75. The Bertz CT molecular complexity index is 917. The van der Waals surface area contributed by atoms with Crippen LogP contribution >= 0.6 is 23.2 Å². The Balaban J connectivity index is 1.88. The van der Waals surface area contributed by atoms with E-state index in [1.807, 2.05) is 13.0 Å². The number of ether oxygens (including phenoxy) is 1. The Morgan fingerprint density at radius 1 is 1.12 bits per heavy atom. The lowest BCUT2D eigenvalue weighted by molar-refractivity contribution is 0.0947. The van der Waals surface area contributed by atoms with Crippen molar-refractivity contribution in [2.75, 3.05) is 24.1 Å². The zero-order chi connectivity index (χ0) is 19.3. The number of halogens is 2. The van der Waals surface area contributed by atoms with E-state index in [9.17, 15) is 13.2 Å². The maximum atomic E-state index is 12.2. The molecule has 0 saturated heterocycles. The van der Waals surface area contributed by atoms with Gasteiger partial charge in [0, 0.05) is 10.7 Å². The van der Waals surface area contributed by atoms with Gasteiger partial charge in [0.25, 0.3) is 5.91 Å². The average molecular weight is 417 g/mol. The molecule has 26 heavy (non-hydrogen) atoms. The van der Waals surface area contributed by atoms with E-state index in [1.165, 1.54) is 18.2 Å². The second-order valence-corrected chi connectivity index (χ2v) is 8.15. The maximum absolute atomic E-state index is 12.2. The van der Waals surface area contributed by atoms with Gasteiger partial charge in [-0.2, -0.15) is 0 Å². The lowest BCUT2D eigenvalue weighted by Crippen LogP contribution is -2.28. The van der Waals surface area contributed by atoms with E-state index in [4.69, 9.17) is 27.9 Å². The zero-order valence-corrected chi connectivity index (χ0v) is 16.5. The molecule has 0 spiro atoms. The molecule has 0 radical (unpaired) electrons. The summed E-state index contributed by atoms with van der Waals surface area (Å²) >= 11 is 12.1. The monoisotopic (exact) mass is 416 g/mol. The molecular formula is C17H18Cl2N2O4S. The van der Waals surface area contributed by atoms with Crippen LogP contribution in [-0.4, -0.2) is 33.7 Å². The second-order valence-electron chi connectivity index (χ2n) is 5.58. The van der Waals surface area contributed by atoms with Gasteiger partial charge in [-0.3, -0.25) is 9.52 Å². The van der Waals surface area contributed by atoms with Crippen molar-refractivity contribution >= 4 is 44.8 Å². The molecule has 0 aliphatic carbocycles. The molecule has 1 amide bonds. The van der Waals surface area contributed by atoms with Gasteiger partial charge in [-0.15, -0.1) is 0 Å². The zero-order valence-electron chi connectivity index (χ0n) is 14.2. The van der Waals surface area contributed by atoms with Crippen molar-refractivity contribution in [2.24, 2.45) is 0 Å². The largest absolute Gasteiger partial charge is 0.492 e.